The highest BCUT2D eigenvalue weighted by atomic mass is 32.2. The van der Waals surface area contributed by atoms with E-state index in [-0.39, 0.29) is 26.5 Å². The molecule has 2 N–H and O–H groups in total. The lowest BCUT2D eigenvalue weighted by molar-refractivity contribution is -0.384. The molecule has 0 aliphatic rings. The molecule has 7 nitrogen and oxygen atoms in total. The number of hydrogen-bond donors (Lipinski definition) is 1. The van der Waals surface area contributed by atoms with Gasteiger partial charge in [0.1, 0.15) is 12.4 Å². The van der Waals surface area contributed by atoms with Crippen molar-refractivity contribution in [1.82, 2.24) is 0 Å². The van der Waals surface area contributed by atoms with Crippen LogP contribution in [-0.2, 0) is 15.4 Å². The van der Waals surface area contributed by atoms with Crippen molar-refractivity contribution < 1.29 is 18.3 Å². The van der Waals surface area contributed by atoms with E-state index in [9.17, 15) is 14.3 Å². The second-order valence-electron chi connectivity index (χ2n) is 12.3. The number of nitro groups is 1. The van der Waals surface area contributed by atoms with Gasteiger partial charge in [0.15, 0.2) is 8.32 Å². The number of benzene rings is 2. The van der Waals surface area contributed by atoms with Crippen LogP contribution in [0, 0.1) is 16.0 Å². The van der Waals surface area contributed by atoms with Gasteiger partial charge in [-0.2, -0.15) is 0 Å². The van der Waals surface area contributed by atoms with Crippen LogP contribution >= 0.6 is 0 Å². The SMILES string of the molecule is CC(C)(C)[S@@](N)=O.C[C@H](CC/C=C/c1ccc([N+](=O)[O-])cc1)[C@@H](COc1ccccc1)O[Si](C)(C)C(C)(C)C. The molecule has 2 aromatic carbocycles. The van der Waals surface area contributed by atoms with E-state index in [1.165, 1.54) is 12.1 Å². The molecule has 0 fully saturated rings. The summed E-state index contributed by atoms with van der Waals surface area (Å²) in [5, 5.41) is 16.0. The van der Waals surface area contributed by atoms with E-state index in [1.54, 1.807) is 12.1 Å². The van der Waals surface area contributed by atoms with Crippen LogP contribution in [0.25, 0.3) is 6.08 Å². The van der Waals surface area contributed by atoms with Gasteiger partial charge in [-0.15, -0.1) is 0 Å². The molecule has 0 saturated heterocycles. The van der Waals surface area contributed by atoms with Crippen molar-refractivity contribution in [2.75, 3.05) is 6.61 Å². The summed E-state index contributed by atoms with van der Waals surface area (Å²) in [6.45, 7) is 19.6. The first-order valence-corrected chi connectivity index (χ1v) is 17.5. The Morgan fingerprint density at radius 2 is 1.56 bits per heavy atom. The first kappa shape index (κ1) is 34.7. The third-order valence-electron chi connectivity index (χ3n) is 6.85. The molecule has 2 aromatic rings. The molecular formula is C30H48N2O5SSi. The zero-order chi connectivity index (χ0) is 29.9. The lowest BCUT2D eigenvalue weighted by Crippen LogP contribution is -2.47. The van der Waals surface area contributed by atoms with E-state index < -0.39 is 19.3 Å². The topological polar surface area (TPSA) is 105 Å². The van der Waals surface area contributed by atoms with Gasteiger partial charge in [-0.25, -0.2) is 4.21 Å². The highest BCUT2D eigenvalue weighted by molar-refractivity contribution is 7.84. The number of non-ortho nitro benzene ring substituents is 1. The van der Waals surface area contributed by atoms with E-state index in [2.05, 4.69) is 46.9 Å². The van der Waals surface area contributed by atoms with E-state index >= 15 is 0 Å². The second kappa shape index (κ2) is 15.5. The summed E-state index contributed by atoms with van der Waals surface area (Å²) in [6, 6.07) is 16.5. The van der Waals surface area contributed by atoms with Gasteiger partial charge in [0.05, 0.1) is 26.8 Å². The van der Waals surface area contributed by atoms with Gasteiger partial charge < -0.3 is 9.16 Å². The summed E-state index contributed by atoms with van der Waals surface area (Å²) >= 11 is 0. The van der Waals surface area contributed by atoms with Crippen LogP contribution in [0.5, 0.6) is 5.75 Å². The molecule has 0 aliphatic carbocycles. The highest BCUT2D eigenvalue weighted by Gasteiger charge is 2.40. The summed E-state index contributed by atoms with van der Waals surface area (Å²) in [4.78, 5) is 10.4. The van der Waals surface area contributed by atoms with Crippen molar-refractivity contribution in [2.24, 2.45) is 11.1 Å². The molecule has 39 heavy (non-hydrogen) atoms. The first-order valence-electron chi connectivity index (χ1n) is 13.4. The van der Waals surface area contributed by atoms with E-state index in [1.807, 2.05) is 57.2 Å². The average Bonchev–Trinajstić information content (AvgIpc) is 2.84. The number of rotatable bonds is 11. The predicted octanol–water partition coefficient (Wildman–Crippen LogP) is 7.90. The summed E-state index contributed by atoms with van der Waals surface area (Å²) in [6.07, 6.45) is 6.03. The molecule has 2 rings (SSSR count). The van der Waals surface area contributed by atoms with Gasteiger partial charge in [-0.05, 0) is 87.5 Å². The fourth-order valence-electron chi connectivity index (χ4n) is 3.04. The molecule has 0 unspecified atom stereocenters. The van der Waals surface area contributed by atoms with Gasteiger partial charge in [0.2, 0.25) is 0 Å². The van der Waals surface area contributed by atoms with Crippen LogP contribution in [0.3, 0.4) is 0 Å². The number of hydrogen-bond acceptors (Lipinski definition) is 5. The number of nitro benzene ring substituents is 1. The summed E-state index contributed by atoms with van der Waals surface area (Å²) in [7, 11) is -3.12. The Hall–Kier alpha value is -2.33. The molecule has 0 aliphatic heterocycles. The maximum Gasteiger partial charge on any atom is 0.269 e. The third-order valence-corrected chi connectivity index (χ3v) is 12.6. The van der Waals surface area contributed by atoms with Crippen LogP contribution in [-0.4, -0.2) is 34.9 Å². The molecule has 9 heteroatoms. The van der Waals surface area contributed by atoms with Crippen LogP contribution in [0.15, 0.2) is 60.7 Å². The maximum atomic E-state index is 10.8. The van der Waals surface area contributed by atoms with Crippen molar-refractivity contribution in [1.29, 1.82) is 0 Å². The summed E-state index contributed by atoms with van der Waals surface area (Å²) in [5.74, 6) is 1.19. The molecule has 0 amide bonds. The molecule has 0 saturated carbocycles. The number of allylic oxidation sites excluding steroid dienone is 1. The van der Waals surface area contributed by atoms with Crippen molar-refractivity contribution in [3.05, 3.63) is 76.4 Å². The quantitative estimate of drug-likeness (QED) is 0.166. The Kier molecular flexibility index (Phi) is 13.7. The zero-order valence-corrected chi connectivity index (χ0v) is 26.9. The highest BCUT2D eigenvalue weighted by Crippen LogP contribution is 2.38. The predicted molar refractivity (Wildman–Crippen MR) is 167 cm³/mol. The molecule has 0 spiro atoms. The Morgan fingerprint density at radius 1 is 1.03 bits per heavy atom. The Morgan fingerprint density at radius 3 is 2.03 bits per heavy atom. The molecule has 218 valence electrons. The molecule has 0 aromatic heterocycles. The lowest BCUT2D eigenvalue weighted by Gasteiger charge is -2.40. The van der Waals surface area contributed by atoms with Gasteiger partial charge in [-0.3, -0.25) is 15.3 Å². The van der Waals surface area contributed by atoms with Gasteiger partial charge in [0.25, 0.3) is 5.69 Å². The minimum atomic E-state index is -1.94. The Bertz CT molecular complexity index is 1060. The molecule has 0 heterocycles. The van der Waals surface area contributed by atoms with Crippen LogP contribution in [0.2, 0.25) is 18.1 Å². The van der Waals surface area contributed by atoms with Crippen molar-refractivity contribution in [3.8, 4) is 5.75 Å². The normalized spacial score (nSPS) is 14.7. The first-order chi connectivity index (χ1) is 17.9. The molecular weight excluding hydrogens is 528 g/mol. The second-order valence-corrected chi connectivity index (χ2v) is 18.8. The molecule has 3 atom stereocenters. The van der Waals surface area contributed by atoms with Crippen LogP contribution < -0.4 is 9.88 Å². The summed E-state index contributed by atoms with van der Waals surface area (Å²) < 4.78 is 22.9. The standard InChI is InChI=1S/C26H37NO4Si.C4H11NOS/c1-21(12-10-11-13-22-16-18-23(19-17-22)27(28)29)25(31-32(5,6)26(2,3)4)20-30-24-14-8-7-9-15-24;1-4(2,3)7(5)6/h7-9,11,13-19,21,25H,10,12,20H2,1-6H3;5H2,1-3H3/b13-11+;/t21-,25-;7-/m10/s1. The smallest absolute Gasteiger partial charge is 0.269 e. The van der Waals surface area contributed by atoms with Crippen molar-refractivity contribution >= 4 is 31.1 Å². The van der Waals surface area contributed by atoms with Crippen molar-refractivity contribution in [3.63, 3.8) is 0 Å². The molecule has 0 radical (unpaired) electrons. The zero-order valence-electron chi connectivity index (χ0n) is 25.1. The van der Waals surface area contributed by atoms with E-state index in [4.69, 9.17) is 14.3 Å². The minimum absolute atomic E-state index is 0.0175. The third kappa shape index (κ3) is 13.0. The number of ether oxygens (including phenoxy) is 1. The number of nitrogens with two attached hydrogens (primary N) is 1. The summed E-state index contributed by atoms with van der Waals surface area (Å²) in [5.41, 5.74) is 1.07. The largest absolute Gasteiger partial charge is 0.491 e. The fraction of sp³-hybridized carbons (Fsp3) is 0.533. The Labute approximate surface area is 239 Å². The monoisotopic (exact) mass is 576 g/mol. The van der Waals surface area contributed by atoms with E-state index in [0.717, 1.165) is 24.2 Å². The fourth-order valence-corrected chi connectivity index (χ4v) is 4.45. The average molecular weight is 577 g/mol. The van der Waals surface area contributed by atoms with Crippen LogP contribution in [0.1, 0.15) is 66.9 Å². The van der Waals surface area contributed by atoms with Gasteiger partial charge in [0, 0.05) is 12.1 Å². The van der Waals surface area contributed by atoms with Gasteiger partial charge >= 0.3 is 0 Å². The number of nitrogens with zero attached hydrogens (tertiary/aromatic N) is 1. The molecule has 0 bridgehead atoms. The maximum absolute atomic E-state index is 10.8. The van der Waals surface area contributed by atoms with Crippen LogP contribution in [0.4, 0.5) is 5.69 Å². The van der Waals surface area contributed by atoms with Crippen molar-refractivity contribution in [2.45, 2.75) is 90.3 Å². The Balaban J connectivity index is 0.000000956. The van der Waals surface area contributed by atoms with Gasteiger partial charge in [-0.1, -0.05) is 58.0 Å². The lowest BCUT2D eigenvalue weighted by atomic mass is 9.99. The van der Waals surface area contributed by atoms with E-state index in [0.29, 0.717) is 12.5 Å². The number of para-hydroxylation sites is 1. The minimum Gasteiger partial charge on any atom is -0.491 e.